The first-order chi connectivity index (χ1) is 47.6. The molecule has 3 heterocycles. The molecule has 0 radical (unpaired) electrons. The summed E-state index contributed by atoms with van der Waals surface area (Å²) >= 11 is 0. The molecule has 9 amide bonds. The standard InChI is InChI=1S/C76H126N12O14/c1-24-52-40-63(91)67(68(93)49(14)38-64-79-55-26-25-53(39-56(55)80-64)70(95)77-27-28-88-29-31-102-32-30-88)87(23)76(101)66(48(12)13)86(22)75(100)60(36-46(8)9)85(21)74(99)59(35-45(6)7)84(20)71(96)51(16)78-69(94)50(15)37-61(89)58(34-44(4)5)83(19)73(98)54(47(10)11)41-62(90)57(33-43(2)3)82(18)65(92)42-81(17)72(52)97/h25-26,39,43-52,54,57-60,66-68,93H,24,27-38,40-42H2,1-23H3,(H,77,95)(H,78,94)(H,79,80)/t49-,50-,51-,52-,54+,57+,58+,59+,60+,66+,67-,68-/m1/s1. The minimum atomic E-state index is -1.64. The number of aromatic nitrogens is 2. The van der Waals surface area contributed by atoms with Gasteiger partial charge in [0.05, 0.1) is 49.0 Å². The van der Waals surface area contributed by atoms with Crippen molar-refractivity contribution in [3.8, 4) is 0 Å². The van der Waals surface area contributed by atoms with E-state index in [0.717, 1.165) is 18.0 Å². The predicted molar refractivity (Wildman–Crippen MR) is 392 cm³/mol. The quantitative estimate of drug-likeness (QED) is 0.130. The van der Waals surface area contributed by atoms with Crippen LogP contribution in [-0.2, 0) is 63.9 Å². The van der Waals surface area contributed by atoms with Gasteiger partial charge in [-0.2, -0.15) is 0 Å². The topological polar surface area (TPSA) is 313 Å². The number of nitrogens with one attached hydrogen (secondary N) is 3. The van der Waals surface area contributed by atoms with Gasteiger partial charge in [0, 0.05) is 125 Å². The van der Waals surface area contributed by atoms with Crippen LogP contribution in [0.5, 0.6) is 0 Å². The molecule has 1 aromatic carbocycles. The average molecular weight is 1430 g/mol. The van der Waals surface area contributed by atoms with E-state index >= 15 is 19.2 Å². The lowest BCUT2D eigenvalue weighted by Gasteiger charge is -2.41. The van der Waals surface area contributed by atoms with Crippen molar-refractivity contribution in [3.63, 3.8) is 0 Å². The molecule has 1 aromatic heterocycles. The highest BCUT2D eigenvalue weighted by atomic mass is 16.5. The summed E-state index contributed by atoms with van der Waals surface area (Å²) in [7, 11) is 10.1. The predicted octanol–water partition coefficient (Wildman–Crippen LogP) is 5.76. The van der Waals surface area contributed by atoms with E-state index in [9.17, 15) is 43.5 Å². The second-order valence-electron chi connectivity index (χ2n) is 31.6. The average Bonchev–Trinajstić information content (AvgIpc) is 1.18. The number of carbonyl (C=O) groups is 12. The third-order valence-electron chi connectivity index (χ3n) is 20.4. The van der Waals surface area contributed by atoms with Crippen LogP contribution in [-0.4, -0.2) is 268 Å². The normalized spacial score (nSPS) is 25.6. The summed E-state index contributed by atoms with van der Waals surface area (Å²) in [5.41, 5.74) is 1.48. The molecular formula is C76H126N12O14. The van der Waals surface area contributed by atoms with Gasteiger partial charge in [-0.25, -0.2) is 4.98 Å². The van der Waals surface area contributed by atoms with Crippen LogP contribution >= 0.6 is 0 Å². The van der Waals surface area contributed by atoms with Crippen molar-refractivity contribution in [1.29, 1.82) is 0 Å². The van der Waals surface area contributed by atoms with Crippen LogP contribution in [0, 0.1) is 59.2 Å². The minimum absolute atomic E-state index is 0.0391. The van der Waals surface area contributed by atoms with E-state index < -0.39 is 161 Å². The summed E-state index contributed by atoms with van der Waals surface area (Å²) in [6, 6.07) is -3.46. The summed E-state index contributed by atoms with van der Waals surface area (Å²) < 4.78 is 5.45. The molecule has 12 atom stereocenters. The first-order valence-electron chi connectivity index (χ1n) is 37.0. The molecule has 2 fully saturated rings. The first-order valence-corrected chi connectivity index (χ1v) is 37.0. The number of fused-ring (bicyclic) bond motifs is 1. The number of aliphatic hydroxyl groups excluding tert-OH is 1. The van der Waals surface area contributed by atoms with Crippen LogP contribution in [0.3, 0.4) is 0 Å². The number of hydrogen-bond donors (Lipinski definition) is 4. The van der Waals surface area contributed by atoms with Gasteiger partial charge in [0.15, 0.2) is 17.3 Å². The Kier molecular flexibility index (Phi) is 33.9. The number of carbonyl (C=O) groups excluding carboxylic acids is 12. The lowest BCUT2D eigenvalue weighted by molar-refractivity contribution is -0.157. The second kappa shape index (κ2) is 39.6. The van der Waals surface area contributed by atoms with Crippen LogP contribution in [0.2, 0.25) is 0 Å². The lowest BCUT2D eigenvalue weighted by Crippen LogP contribution is -2.62. The van der Waals surface area contributed by atoms with Gasteiger partial charge in [-0.3, -0.25) is 62.4 Å². The molecule has 574 valence electrons. The van der Waals surface area contributed by atoms with Crippen LogP contribution in [0.15, 0.2) is 18.2 Å². The Labute approximate surface area is 607 Å². The Hall–Kier alpha value is -7.19. The van der Waals surface area contributed by atoms with E-state index in [4.69, 9.17) is 9.72 Å². The van der Waals surface area contributed by atoms with Crippen LogP contribution in [0.4, 0.5) is 0 Å². The Bertz CT molecular complexity index is 3210. The molecule has 2 saturated heterocycles. The number of likely N-dealkylation sites (N-methyl/N-ethyl adjacent to an activating group) is 7. The molecule has 2 aromatic rings. The molecular weight excluding hydrogens is 1300 g/mol. The molecule has 0 saturated carbocycles. The molecule has 26 nitrogen and oxygen atoms in total. The largest absolute Gasteiger partial charge is 0.390 e. The molecule has 4 N–H and O–H groups in total. The SMILES string of the molecule is CC[C@@H]1CC(=O)[C@H]([C@H](O)[C@H](C)Cc2nc3ccc(C(=O)NCCN4CCOCC4)cc3[nH]2)N(C)C(=O)[C@H](C(C)C)N(C)C(=O)[C@H](CC(C)C)N(C)C(=O)[C@H](CC(C)C)N(C)C(=O)[C@@H](C)NC(=O)[C@H](C)CC(=O)[C@H](CC(C)C)N(C)C(=O)[C@H](C(C)C)CC(=O)[C@H](CC(C)C)N(C)C(=O)CN(C)C1=O. The van der Waals surface area contributed by atoms with Crippen LogP contribution in [0.1, 0.15) is 178 Å². The highest BCUT2D eigenvalue weighted by Crippen LogP contribution is 2.30. The molecule has 0 aliphatic carbocycles. The van der Waals surface area contributed by atoms with Crippen molar-refractivity contribution in [2.24, 2.45) is 59.2 Å². The van der Waals surface area contributed by atoms with E-state index in [2.05, 4.69) is 20.5 Å². The Morgan fingerprint density at radius 1 is 0.588 bits per heavy atom. The van der Waals surface area contributed by atoms with Gasteiger partial charge in [0.1, 0.15) is 36.0 Å². The number of Topliss-reactive ketones (excluding diaryl/α,β-unsaturated/α-hetero) is 3. The van der Waals surface area contributed by atoms with Crippen LogP contribution < -0.4 is 10.6 Å². The highest BCUT2D eigenvalue weighted by Gasteiger charge is 2.46. The maximum atomic E-state index is 15.6. The molecule has 4 rings (SSSR count). The number of ketones is 3. The van der Waals surface area contributed by atoms with E-state index in [1.165, 1.54) is 85.7 Å². The van der Waals surface area contributed by atoms with Gasteiger partial charge in [0.25, 0.3) is 5.91 Å². The lowest BCUT2D eigenvalue weighted by atomic mass is 9.84. The smallest absolute Gasteiger partial charge is 0.251 e. The van der Waals surface area contributed by atoms with Crippen molar-refractivity contribution < 1.29 is 67.4 Å². The fraction of sp³-hybridized carbons (Fsp3) is 0.750. The minimum Gasteiger partial charge on any atom is -0.390 e. The Morgan fingerprint density at radius 2 is 1.09 bits per heavy atom. The van der Waals surface area contributed by atoms with Gasteiger partial charge in [-0.15, -0.1) is 0 Å². The molecule has 0 bridgehead atoms. The number of aromatic amines is 1. The maximum Gasteiger partial charge on any atom is 0.251 e. The Balaban J connectivity index is 1.88. The number of morpholine rings is 1. The zero-order valence-electron chi connectivity index (χ0n) is 65.7. The summed E-state index contributed by atoms with van der Waals surface area (Å²) in [5.74, 6) is -11.6. The van der Waals surface area contributed by atoms with Gasteiger partial charge in [0.2, 0.25) is 47.3 Å². The van der Waals surface area contributed by atoms with Gasteiger partial charge in [-0.1, -0.05) is 104 Å². The molecule has 102 heavy (non-hydrogen) atoms. The number of nitrogens with zero attached hydrogens (tertiary/aromatic N) is 9. The van der Waals surface area contributed by atoms with Gasteiger partial charge < -0.3 is 59.8 Å². The number of hydrogen-bond acceptors (Lipinski definition) is 16. The zero-order valence-corrected chi connectivity index (χ0v) is 65.7. The summed E-state index contributed by atoms with van der Waals surface area (Å²) in [5, 5.41) is 18.5. The van der Waals surface area contributed by atoms with Crippen molar-refractivity contribution in [3.05, 3.63) is 29.6 Å². The fourth-order valence-corrected chi connectivity index (χ4v) is 14.0. The van der Waals surface area contributed by atoms with Crippen molar-refractivity contribution in [2.75, 3.05) is 95.3 Å². The Morgan fingerprint density at radius 3 is 1.62 bits per heavy atom. The van der Waals surface area contributed by atoms with E-state index in [1.54, 1.807) is 66.7 Å². The highest BCUT2D eigenvalue weighted by molar-refractivity contribution is 6.00. The molecule has 26 heteroatoms. The number of imidazole rings is 1. The van der Waals surface area contributed by atoms with E-state index in [0.29, 0.717) is 48.7 Å². The number of ether oxygens (including phenoxy) is 1. The number of H-pyrrole nitrogens is 1. The van der Waals surface area contributed by atoms with Gasteiger partial charge >= 0.3 is 0 Å². The number of rotatable bonds is 19. The van der Waals surface area contributed by atoms with E-state index in [1.807, 2.05) is 55.4 Å². The van der Waals surface area contributed by atoms with E-state index in [-0.39, 0.29) is 80.9 Å². The third-order valence-corrected chi connectivity index (χ3v) is 20.4. The van der Waals surface area contributed by atoms with Crippen LogP contribution in [0.25, 0.3) is 11.0 Å². The number of aliphatic hydroxyl groups is 1. The molecule has 2 aliphatic rings. The van der Waals surface area contributed by atoms with Gasteiger partial charge in [-0.05, 0) is 98.7 Å². The monoisotopic (exact) mass is 1430 g/mol. The third kappa shape index (κ3) is 23.7. The zero-order chi connectivity index (χ0) is 77.2. The summed E-state index contributed by atoms with van der Waals surface area (Å²) in [4.78, 5) is 196. The summed E-state index contributed by atoms with van der Waals surface area (Å²) in [6.07, 6.45) is -1.86. The molecule has 0 unspecified atom stereocenters. The number of benzene rings is 1. The van der Waals surface area contributed by atoms with Crippen molar-refractivity contribution in [1.82, 2.24) is 59.8 Å². The van der Waals surface area contributed by atoms with Crippen molar-refractivity contribution >= 4 is 81.5 Å². The first kappa shape index (κ1) is 87.2. The second-order valence-corrected chi connectivity index (χ2v) is 31.6. The summed E-state index contributed by atoms with van der Waals surface area (Å²) in [6.45, 7) is 32.0. The molecule has 2 aliphatic heterocycles. The molecule has 0 spiro atoms. The van der Waals surface area contributed by atoms with Crippen molar-refractivity contribution in [2.45, 2.75) is 217 Å². The maximum absolute atomic E-state index is 15.6. The number of amides is 9. The fourth-order valence-electron chi connectivity index (χ4n) is 14.0.